The number of aromatic nitrogens is 4. The third kappa shape index (κ3) is 2.52. The number of benzene rings is 1. The fourth-order valence-electron chi connectivity index (χ4n) is 2.01. The van der Waals surface area contributed by atoms with Gasteiger partial charge in [-0.25, -0.2) is 4.68 Å². The molecule has 1 aromatic heterocycles. The molecule has 6 nitrogen and oxygen atoms in total. The van der Waals surface area contributed by atoms with Crippen LogP contribution in [0.5, 0.6) is 0 Å². The van der Waals surface area contributed by atoms with Gasteiger partial charge in [-0.15, -0.1) is 5.10 Å². The fourth-order valence-corrected chi connectivity index (χ4v) is 2.01. The van der Waals surface area contributed by atoms with E-state index in [4.69, 9.17) is 11.5 Å². The first-order valence-electron chi connectivity index (χ1n) is 6.47. The van der Waals surface area contributed by atoms with Crippen LogP contribution in [0.4, 0.5) is 11.4 Å². The van der Waals surface area contributed by atoms with E-state index in [0.29, 0.717) is 23.1 Å². The van der Waals surface area contributed by atoms with Gasteiger partial charge in [0.15, 0.2) is 5.82 Å². The second kappa shape index (κ2) is 5.26. The molecule has 0 saturated carbocycles. The molecule has 6 heteroatoms. The minimum Gasteiger partial charge on any atom is -0.399 e. The third-order valence-electron chi connectivity index (χ3n) is 3.66. The summed E-state index contributed by atoms with van der Waals surface area (Å²) in [6.45, 7) is 6.45. The van der Waals surface area contributed by atoms with E-state index in [2.05, 4.69) is 36.3 Å². The van der Waals surface area contributed by atoms with Crippen LogP contribution in [0.15, 0.2) is 18.2 Å². The average molecular weight is 260 g/mol. The van der Waals surface area contributed by atoms with Gasteiger partial charge in [-0.2, -0.15) is 0 Å². The van der Waals surface area contributed by atoms with Crippen molar-refractivity contribution in [1.29, 1.82) is 0 Å². The first-order chi connectivity index (χ1) is 9.04. The summed E-state index contributed by atoms with van der Waals surface area (Å²) in [6, 6.07) is 5.60. The fraction of sp³-hybridized carbons (Fsp3) is 0.462. The Bertz CT molecular complexity index is 562. The van der Waals surface area contributed by atoms with Gasteiger partial charge < -0.3 is 11.5 Å². The molecule has 0 radical (unpaired) electrons. The van der Waals surface area contributed by atoms with Crippen molar-refractivity contribution in [2.24, 2.45) is 5.92 Å². The lowest BCUT2D eigenvalue weighted by Crippen LogP contribution is -2.16. The molecule has 0 bridgehead atoms. The largest absolute Gasteiger partial charge is 0.399 e. The molecule has 0 saturated heterocycles. The van der Waals surface area contributed by atoms with Gasteiger partial charge in [0, 0.05) is 16.9 Å². The maximum atomic E-state index is 6.00. The van der Waals surface area contributed by atoms with Gasteiger partial charge in [0.25, 0.3) is 0 Å². The summed E-state index contributed by atoms with van der Waals surface area (Å²) < 4.78 is 1.83. The number of hydrogen-bond acceptors (Lipinski definition) is 5. The van der Waals surface area contributed by atoms with Crippen molar-refractivity contribution in [3.8, 4) is 11.4 Å². The maximum Gasteiger partial charge on any atom is 0.184 e. The van der Waals surface area contributed by atoms with Crippen molar-refractivity contribution in [2.45, 2.75) is 33.2 Å². The second-order valence-electron chi connectivity index (χ2n) is 4.92. The van der Waals surface area contributed by atoms with Gasteiger partial charge in [0.1, 0.15) is 0 Å². The Hall–Kier alpha value is -2.11. The molecule has 0 aliphatic heterocycles. The standard InChI is InChI=1S/C13H20N6/c1-4-8(2)9(3)19-13(16-17-18-19)11-6-5-10(14)7-12(11)15/h5-9H,4,14-15H2,1-3H3. The zero-order valence-corrected chi connectivity index (χ0v) is 11.5. The van der Waals surface area contributed by atoms with Crippen molar-refractivity contribution in [2.75, 3.05) is 11.5 Å². The molecule has 2 atom stereocenters. The van der Waals surface area contributed by atoms with Crippen molar-refractivity contribution < 1.29 is 0 Å². The number of nitrogen functional groups attached to an aromatic ring is 2. The summed E-state index contributed by atoms with van der Waals surface area (Å²) in [7, 11) is 0. The first-order valence-corrected chi connectivity index (χ1v) is 6.47. The number of anilines is 2. The Kier molecular flexibility index (Phi) is 3.69. The molecule has 4 N–H and O–H groups in total. The predicted molar refractivity (Wildman–Crippen MR) is 76.2 cm³/mol. The highest BCUT2D eigenvalue weighted by molar-refractivity contribution is 5.74. The molecule has 1 heterocycles. The highest BCUT2D eigenvalue weighted by Gasteiger charge is 2.20. The lowest BCUT2D eigenvalue weighted by molar-refractivity contribution is 0.340. The zero-order valence-electron chi connectivity index (χ0n) is 11.5. The van der Waals surface area contributed by atoms with Crippen LogP contribution in [0.25, 0.3) is 11.4 Å². The molecule has 102 valence electrons. The van der Waals surface area contributed by atoms with Crippen molar-refractivity contribution in [1.82, 2.24) is 20.2 Å². The Balaban J connectivity index is 2.44. The molecular formula is C13H20N6. The average Bonchev–Trinajstić information content (AvgIpc) is 2.86. The number of nitrogens with two attached hydrogens (primary N) is 2. The minimum atomic E-state index is 0.215. The van der Waals surface area contributed by atoms with Gasteiger partial charge in [-0.05, 0) is 41.5 Å². The first kappa shape index (κ1) is 13.3. The molecule has 2 unspecified atom stereocenters. The van der Waals surface area contributed by atoms with Crippen LogP contribution in [-0.4, -0.2) is 20.2 Å². The molecule has 0 aliphatic rings. The smallest absolute Gasteiger partial charge is 0.184 e. The Morgan fingerprint density at radius 1 is 1.26 bits per heavy atom. The topological polar surface area (TPSA) is 95.6 Å². The van der Waals surface area contributed by atoms with Crippen LogP contribution in [0.3, 0.4) is 0 Å². The summed E-state index contributed by atoms with van der Waals surface area (Å²) in [4.78, 5) is 0. The van der Waals surface area contributed by atoms with E-state index in [0.717, 1.165) is 12.0 Å². The van der Waals surface area contributed by atoms with Crippen molar-refractivity contribution in [3.05, 3.63) is 18.2 Å². The summed E-state index contributed by atoms with van der Waals surface area (Å²) in [5.41, 5.74) is 13.8. The SMILES string of the molecule is CCC(C)C(C)n1nnnc1-c1ccc(N)cc1N. The molecular weight excluding hydrogens is 240 g/mol. The van der Waals surface area contributed by atoms with Gasteiger partial charge in [0.2, 0.25) is 0 Å². The number of tetrazole rings is 1. The predicted octanol–water partition coefficient (Wildman–Crippen LogP) is 2.11. The van der Waals surface area contributed by atoms with Crippen LogP contribution in [0.1, 0.15) is 33.2 Å². The van der Waals surface area contributed by atoms with Crippen LogP contribution in [-0.2, 0) is 0 Å². The summed E-state index contributed by atoms with van der Waals surface area (Å²) in [5, 5.41) is 12.0. The summed E-state index contributed by atoms with van der Waals surface area (Å²) in [6.07, 6.45) is 1.07. The molecule has 0 fully saturated rings. The molecule has 19 heavy (non-hydrogen) atoms. The molecule has 0 amide bonds. The van der Waals surface area contributed by atoms with Gasteiger partial charge in [-0.3, -0.25) is 0 Å². The van der Waals surface area contributed by atoms with Gasteiger partial charge in [0.05, 0.1) is 6.04 Å². The van der Waals surface area contributed by atoms with E-state index in [-0.39, 0.29) is 6.04 Å². The normalized spacial score (nSPS) is 14.3. The van der Waals surface area contributed by atoms with E-state index >= 15 is 0 Å². The van der Waals surface area contributed by atoms with Gasteiger partial charge in [-0.1, -0.05) is 20.3 Å². The summed E-state index contributed by atoms with van der Waals surface area (Å²) in [5.74, 6) is 1.17. The maximum absolute atomic E-state index is 6.00. The van der Waals surface area contributed by atoms with E-state index in [1.165, 1.54) is 0 Å². The summed E-state index contributed by atoms with van der Waals surface area (Å²) >= 11 is 0. The molecule has 1 aromatic carbocycles. The number of rotatable bonds is 4. The van der Waals surface area contributed by atoms with E-state index < -0.39 is 0 Å². The van der Waals surface area contributed by atoms with Gasteiger partial charge >= 0.3 is 0 Å². The van der Waals surface area contributed by atoms with Crippen LogP contribution in [0, 0.1) is 5.92 Å². The molecule has 2 rings (SSSR count). The zero-order chi connectivity index (χ0) is 14.0. The van der Waals surface area contributed by atoms with Crippen molar-refractivity contribution >= 4 is 11.4 Å². The van der Waals surface area contributed by atoms with E-state index in [1.54, 1.807) is 12.1 Å². The quantitative estimate of drug-likeness (QED) is 0.821. The number of hydrogen-bond donors (Lipinski definition) is 2. The number of nitrogens with zero attached hydrogens (tertiary/aromatic N) is 4. The second-order valence-corrected chi connectivity index (χ2v) is 4.92. The Morgan fingerprint density at radius 3 is 2.63 bits per heavy atom. The molecule has 0 aliphatic carbocycles. The highest BCUT2D eigenvalue weighted by atomic mass is 15.5. The van der Waals surface area contributed by atoms with Crippen LogP contribution < -0.4 is 11.5 Å². The Labute approximate surface area is 112 Å². The van der Waals surface area contributed by atoms with E-state index in [1.807, 2.05) is 10.7 Å². The minimum absolute atomic E-state index is 0.215. The Morgan fingerprint density at radius 2 is 2.00 bits per heavy atom. The lowest BCUT2D eigenvalue weighted by Gasteiger charge is -2.19. The molecule has 0 spiro atoms. The highest BCUT2D eigenvalue weighted by Crippen LogP contribution is 2.29. The molecule has 2 aromatic rings. The van der Waals surface area contributed by atoms with Crippen molar-refractivity contribution in [3.63, 3.8) is 0 Å². The van der Waals surface area contributed by atoms with E-state index in [9.17, 15) is 0 Å². The third-order valence-corrected chi connectivity index (χ3v) is 3.66. The van der Waals surface area contributed by atoms with Crippen LogP contribution >= 0.6 is 0 Å². The lowest BCUT2D eigenvalue weighted by atomic mass is 10.0. The monoisotopic (exact) mass is 260 g/mol. The van der Waals surface area contributed by atoms with Crippen LogP contribution in [0.2, 0.25) is 0 Å².